The van der Waals surface area contributed by atoms with Crippen molar-refractivity contribution in [2.45, 2.75) is 26.7 Å². The molecule has 0 fully saturated rings. The molecule has 6 heteroatoms. The van der Waals surface area contributed by atoms with Crippen molar-refractivity contribution in [3.05, 3.63) is 52.8 Å². The smallest absolute Gasteiger partial charge is 0.254 e. The van der Waals surface area contributed by atoms with E-state index in [-0.39, 0.29) is 30.2 Å². The summed E-state index contributed by atoms with van der Waals surface area (Å²) >= 11 is 0. The molecule has 0 saturated heterocycles. The minimum Gasteiger partial charge on any atom is -0.493 e. The second-order valence-electron chi connectivity index (χ2n) is 5.91. The summed E-state index contributed by atoms with van der Waals surface area (Å²) in [4.78, 5) is 11.9. The molecule has 0 atom stereocenters. The number of halogens is 1. The van der Waals surface area contributed by atoms with Crippen molar-refractivity contribution in [2.24, 2.45) is 5.73 Å². The van der Waals surface area contributed by atoms with Gasteiger partial charge in [-0.3, -0.25) is 4.79 Å². The summed E-state index contributed by atoms with van der Waals surface area (Å²) in [7, 11) is 0. The Morgan fingerprint density at radius 1 is 1.20 bits per heavy atom. The Bertz CT molecular complexity index is 763. The van der Waals surface area contributed by atoms with Gasteiger partial charge in [0.15, 0.2) is 0 Å². The summed E-state index contributed by atoms with van der Waals surface area (Å²) in [6, 6.07) is 8.14. The average molecular weight is 346 g/mol. The van der Waals surface area contributed by atoms with Gasteiger partial charge < -0.3 is 20.9 Å². The molecule has 2 aromatic rings. The van der Waals surface area contributed by atoms with E-state index < -0.39 is 11.7 Å². The molecule has 25 heavy (non-hydrogen) atoms. The van der Waals surface area contributed by atoms with Crippen LogP contribution in [0.15, 0.2) is 30.3 Å². The van der Waals surface area contributed by atoms with Crippen LogP contribution in [0.5, 0.6) is 5.75 Å². The molecule has 0 aliphatic carbocycles. The first-order chi connectivity index (χ1) is 11.9. The number of aliphatic hydroxyl groups excluding tert-OH is 1. The number of benzene rings is 2. The maximum Gasteiger partial charge on any atom is 0.254 e. The van der Waals surface area contributed by atoms with E-state index in [4.69, 9.17) is 15.6 Å². The molecular weight excluding hydrogens is 323 g/mol. The van der Waals surface area contributed by atoms with Crippen LogP contribution in [-0.4, -0.2) is 24.2 Å². The number of ether oxygens (including phenoxy) is 1. The van der Waals surface area contributed by atoms with Gasteiger partial charge in [0.2, 0.25) is 0 Å². The molecular formula is C19H23FN2O3. The van der Waals surface area contributed by atoms with Crippen LogP contribution < -0.4 is 15.8 Å². The summed E-state index contributed by atoms with van der Waals surface area (Å²) in [6.45, 7) is 4.21. The average Bonchev–Trinajstić information content (AvgIpc) is 2.53. The van der Waals surface area contributed by atoms with Crippen LogP contribution in [-0.2, 0) is 0 Å². The Kier molecular flexibility index (Phi) is 6.36. The highest BCUT2D eigenvalue weighted by atomic mass is 19.1. The Morgan fingerprint density at radius 3 is 2.60 bits per heavy atom. The number of carbonyl (C=O) groups excluding carboxylic acids is 1. The third-order valence-corrected chi connectivity index (χ3v) is 3.77. The van der Waals surface area contributed by atoms with E-state index in [2.05, 4.69) is 5.32 Å². The molecule has 134 valence electrons. The van der Waals surface area contributed by atoms with E-state index in [1.165, 1.54) is 6.07 Å². The second-order valence-corrected chi connectivity index (χ2v) is 5.91. The van der Waals surface area contributed by atoms with Crippen molar-refractivity contribution < 1.29 is 19.0 Å². The lowest BCUT2D eigenvalue weighted by Gasteiger charge is -2.16. The second kappa shape index (κ2) is 8.48. The number of primary amides is 1. The fourth-order valence-electron chi connectivity index (χ4n) is 2.54. The Balaban J connectivity index is 2.35. The van der Waals surface area contributed by atoms with Gasteiger partial charge in [-0.2, -0.15) is 0 Å². The number of rotatable bonds is 8. The fourth-order valence-corrected chi connectivity index (χ4v) is 2.54. The van der Waals surface area contributed by atoms with Crippen LogP contribution in [0, 0.1) is 19.7 Å². The lowest BCUT2D eigenvalue weighted by molar-refractivity contribution is 0.0997. The molecule has 0 bridgehead atoms. The largest absolute Gasteiger partial charge is 0.493 e. The summed E-state index contributed by atoms with van der Waals surface area (Å²) < 4.78 is 19.5. The Morgan fingerprint density at radius 2 is 1.96 bits per heavy atom. The molecule has 0 unspecified atom stereocenters. The van der Waals surface area contributed by atoms with Crippen molar-refractivity contribution in [3.63, 3.8) is 0 Å². The monoisotopic (exact) mass is 346 g/mol. The van der Waals surface area contributed by atoms with Crippen molar-refractivity contribution in [1.82, 2.24) is 0 Å². The van der Waals surface area contributed by atoms with Gasteiger partial charge in [-0.25, -0.2) is 4.39 Å². The van der Waals surface area contributed by atoms with E-state index in [1.807, 2.05) is 32.0 Å². The molecule has 0 spiro atoms. The fraction of sp³-hybridized carbons (Fsp3) is 0.316. The standard InChI is InChI=1S/C19H23FN2O3/c1-12-5-6-15(13(2)9-12)22-16-10-14(20)11-17(18(16)19(21)24)25-8-4-3-7-23/h5-6,9-11,22-23H,3-4,7-8H2,1-2H3,(H2,21,24). The first-order valence-corrected chi connectivity index (χ1v) is 8.13. The van der Waals surface area contributed by atoms with Gasteiger partial charge in [-0.15, -0.1) is 0 Å². The van der Waals surface area contributed by atoms with Crippen molar-refractivity contribution >= 4 is 17.3 Å². The number of nitrogens with one attached hydrogen (secondary N) is 1. The van der Waals surface area contributed by atoms with Gasteiger partial charge in [0.25, 0.3) is 5.91 Å². The Labute approximate surface area is 146 Å². The molecule has 0 aliphatic rings. The van der Waals surface area contributed by atoms with Crippen LogP contribution in [0.2, 0.25) is 0 Å². The van der Waals surface area contributed by atoms with Crippen LogP contribution in [0.1, 0.15) is 34.3 Å². The zero-order chi connectivity index (χ0) is 18.4. The third-order valence-electron chi connectivity index (χ3n) is 3.77. The number of aliphatic hydroxyl groups is 1. The van der Waals surface area contributed by atoms with Gasteiger partial charge >= 0.3 is 0 Å². The molecule has 4 N–H and O–H groups in total. The van der Waals surface area contributed by atoms with Gasteiger partial charge in [-0.05, 0) is 44.4 Å². The van der Waals surface area contributed by atoms with Gasteiger partial charge in [0.1, 0.15) is 17.1 Å². The minimum atomic E-state index is -0.704. The summed E-state index contributed by atoms with van der Waals surface area (Å²) in [6.07, 6.45) is 1.15. The molecule has 0 saturated carbocycles. The van der Waals surface area contributed by atoms with Crippen LogP contribution >= 0.6 is 0 Å². The molecule has 1 amide bonds. The Hall–Kier alpha value is -2.60. The minimum absolute atomic E-state index is 0.0503. The number of anilines is 2. The van der Waals surface area contributed by atoms with E-state index in [9.17, 15) is 9.18 Å². The summed E-state index contributed by atoms with van der Waals surface area (Å²) in [5.41, 5.74) is 8.67. The van der Waals surface area contributed by atoms with Gasteiger partial charge in [0.05, 0.1) is 12.3 Å². The summed E-state index contributed by atoms with van der Waals surface area (Å²) in [5, 5.41) is 11.9. The molecule has 2 rings (SSSR count). The first kappa shape index (κ1) is 18.7. The number of hydrogen-bond acceptors (Lipinski definition) is 4. The number of carbonyl (C=O) groups is 1. The highest BCUT2D eigenvalue weighted by Gasteiger charge is 2.18. The topological polar surface area (TPSA) is 84.6 Å². The van der Waals surface area contributed by atoms with E-state index >= 15 is 0 Å². The van der Waals surface area contributed by atoms with Gasteiger partial charge in [0, 0.05) is 18.4 Å². The van der Waals surface area contributed by atoms with Crippen molar-refractivity contribution in [3.8, 4) is 5.75 Å². The zero-order valence-corrected chi connectivity index (χ0v) is 14.4. The lowest BCUT2D eigenvalue weighted by atomic mass is 10.1. The zero-order valence-electron chi connectivity index (χ0n) is 14.4. The number of aryl methyl sites for hydroxylation is 2. The molecule has 2 aromatic carbocycles. The van der Waals surface area contributed by atoms with Crippen LogP contribution in [0.25, 0.3) is 0 Å². The molecule has 0 aliphatic heterocycles. The quantitative estimate of drug-likeness (QED) is 0.639. The maximum absolute atomic E-state index is 14.0. The predicted molar refractivity (Wildman–Crippen MR) is 95.9 cm³/mol. The normalized spacial score (nSPS) is 10.6. The van der Waals surface area contributed by atoms with Crippen LogP contribution in [0.3, 0.4) is 0 Å². The van der Waals surface area contributed by atoms with Gasteiger partial charge in [-0.1, -0.05) is 17.7 Å². The molecule has 5 nitrogen and oxygen atoms in total. The number of nitrogens with two attached hydrogens (primary N) is 1. The lowest BCUT2D eigenvalue weighted by Crippen LogP contribution is -2.16. The number of amides is 1. The molecule has 0 aromatic heterocycles. The third kappa shape index (κ3) is 4.93. The highest BCUT2D eigenvalue weighted by molar-refractivity contribution is 6.02. The van der Waals surface area contributed by atoms with E-state index in [0.29, 0.717) is 12.8 Å². The molecule has 0 heterocycles. The van der Waals surface area contributed by atoms with Crippen molar-refractivity contribution in [2.75, 3.05) is 18.5 Å². The SMILES string of the molecule is Cc1ccc(Nc2cc(F)cc(OCCCCO)c2C(N)=O)c(C)c1. The summed E-state index contributed by atoms with van der Waals surface area (Å²) in [5.74, 6) is -1.14. The van der Waals surface area contributed by atoms with E-state index in [1.54, 1.807) is 0 Å². The number of unbranched alkanes of at least 4 members (excludes halogenated alkanes) is 1. The number of hydrogen-bond donors (Lipinski definition) is 3. The molecule has 0 radical (unpaired) electrons. The first-order valence-electron chi connectivity index (χ1n) is 8.13. The van der Waals surface area contributed by atoms with E-state index in [0.717, 1.165) is 22.9 Å². The van der Waals surface area contributed by atoms with Crippen LogP contribution in [0.4, 0.5) is 15.8 Å². The highest BCUT2D eigenvalue weighted by Crippen LogP contribution is 2.31. The van der Waals surface area contributed by atoms with Crippen molar-refractivity contribution in [1.29, 1.82) is 0 Å². The predicted octanol–water partition coefficient (Wildman–Crippen LogP) is 3.44. The maximum atomic E-state index is 14.0.